The van der Waals surface area contributed by atoms with E-state index in [-0.39, 0.29) is 30.0 Å². The lowest BCUT2D eigenvalue weighted by Crippen LogP contribution is -2.46. The number of likely N-dealkylation sites (tertiary alicyclic amines) is 1. The molecule has 4 rings (SSSR count). The third-order valence-electron chi connectivity index (χ3n) is 5.85. The molecule has 2 amide bonds. The number of nitrogens with zero attached hydrogens (tertiary/aromatic N) is 1. The highest BCUT2D eigenvalue weighted by Crippen LogP contribution is 2.23. The molecule has 0 spiro atoms. The number of benzene rings is 2. The summed E-state index contributed by atoms with van der Waals surface area (Å²) in [7, 11) is 0. The number of hydrogen-bond acceptors (Lipinski definition) is 6. The number of piperidine rings is 1. The number of rotatable bonds is 7. The first-order valence-corrected chi connectivity index (χ1v) is 10.9. The van der Waals surface area contributed by atoms with Crippen LogP contribution >= 0.6 is 0 Å². The van der Waals surface area contributed by atoms with Crippen molar-refractivity contribution in [3.8, 4) is 5.75 Å². The zero-order chi connectivity index (χ0) is 23.4. The highest BCUT2D eigenvalue weighted by molar-refractivity contribution is 5.94. The molecule has 0 radical (unpaired) electrons. The Kier molecular flexibility index (Phi) is 6.74. The van der Waals surface area contributed by atoms with Crippen molar-refractivity contribution in [1.29, 1.82) is 0 Å². The van der Waals surface area contributed by atoms with Gasteiger partial charge in [-0.15, -0.1) is 0 Å². The summed E-state index contributed by atoms with van der Waals surface area (Å²) in [6, 6.07) is 14.2. The number of carbonyl (C=O) groups excluding carboxylic acids is 2. The molecule has 8 heteroatoms. The highest BCUT2D eigenvalue weighted by atomic mass is 16.5. The zero-order valence-corrected chi connectivity index (χ0v) is 18.5. The second-order valence-electron chi connectivity index (χ2n) is 8.38. The van der Waals surface area contributed by atoms with Crippen molar-refractivity contribution in [2.45, 2.75) is 32.4 Å². The average molecular weight is 450 g/mol. The van der Waals surface area contributed by atoms with Gasteiger partial charge in [-0.25, -0.2) is 4.79 Å². The largest absolute Gasteiger partial charge is 0.489 e. The first-order valence-electron chi connectivity index (χ1n) is 10.9. The number of nitrogens with two attached hydrogens (primary N) is 1. The number of fused-ring (bicyclic) bond motifs is 1. The summed E-state index contributed by atoms with van der Waals surface area (Å²) >= 11 is 0. The molecule has 2 aromatic carbocycles. The van der Waals surface area contributed by atoms with Gasteiger partial charge in [-0.3, -0.25) is 14.5 Å². The van der Waals surface area contributed by atoms with Crippen molar-refractivity contribution in [1.82, 2.24) is 10.2 Å². The first-order chi connectivity index (χ1) is 15.9. The summed E-state index contributed by atoms with van der Waals surface area (Å²) < 4.78 is 11.1. The van der Waals surface area contributed by atoms with Crippen molar-refractivity contribution in [3.63, 3.8) is 0 Å². The molecular weight excluding hydrogens is 422 g/mol. The van der Waals surface area contributed by atoms with Gasteiger partial charge in [-0.2, -0.15) is 0 Å². The van der Waals surface area contributed by atoms with Crippen LogP contribution in [0.15, 0.2) is 57.7 Å². The minimum Gasteiger partial charge on any atom is -0.489 e. The SMILES string of the molecule is Cc1cc(=O)oc2cc(OCc3ccc(C(=O)NC4CCN(CC(N)=O)CC4)cc3)ccc12. The quantitative estimate of drug-likeness (QED) is 0.535. The molecule has 1 aliphatic heterocycles. The maximum atomic E-state index is 12.6. The van der Waals surface area contributed by atoms with E-state index in [0.29, 0.717) is 23.5 Å². The van der Waals surface area contributed by atoms with E-state index < -0.39 is 0 Å². The molecule has 0 saturated carbocycles. The number of amides is 2. The predicted molar refractivity (Wildman–Crippen MR) is 124 cm³/mol. The van der Waals surface area contributed by atoms with Crippen molar-refractivity contribution in [2.75, 3.05) is 19.6 Å². The smallest absolute Gasteiger partial charge is 0.336 e. The van der Waals surface area contributed by atoms with Gasteiger partial charge in [0.25, 0.3) is 5.91 Å². The van der Waals surface area contributed by atoms with E-state index in [9.17, 15) is 14.4 Å². The predicted octanol–water partition coefficient (Wildman–Crippen LogP) is 2.36. The van der Waals surface area contributed by atoms with Gasteiger partial charge >= 0.3 is 5.63 Å². The molecule has 0 unspecified atom stereocenters. The minimum atomic E-state index is -0.387. The topological polar surface area (TPSA) is 115 Å². The van der Waals surface area contributed by atoms with E-state index >= 15 is 0 Å². The lowest BCUT2D eigenvalue weighted by Gasteiger charge is -2.31. The molecule has 1 aromatic heterocycles. The molecule has 1 saturated heterocycles. The molecule has 2 heterocycles. The van der Waals surface area contributed by atoms with Crippen molar-refractivity contribution in [3.05, 3.63) is 75.6 Å². The van der Waals surface area contributed by atoms with Gasteiger partial charge in [0, 0.05) is 42.2 Å². The Bertz CT molecular complexity index is 1210. The summed E-state index contributed by atoms with van der Waals surface area (Å²) in [6.07, 6.45) is 1.58. The summed E-state index contributed by atoms with van der Waals surface area (Å²) in [4.78, 5) is 37.2. The summed E-state index contributed by atoms with van der Waals surface area (Å²) in [6.45, 7) is 3.92. The molecule has 3 aromatic rings. The molecule has 0 atom stereocenters. The van der Waals surface area contributed by atoms with Crippen LogP contribution in [0.3, 0.4) is 0 Å². The maximum Gasteiger partial charge on any atom is 0.336 e. The molecule has 8 nitrogen and oxygen atoms in total. The van der Waals surface area contributed by atoms with Crippen LogP contribution in [0.5, 0.6) is 5.75 Å². The van der Waals surface area contributed by atoms with Crippen LogP contribution in [0.2, 0.25) is 0 Å². The third kappa shape index (κ3) is 5.78. The van der Waals surface area contributed by atoms with Crippen LogP contribution in [0.1, 0.15) is 34.3 Å². The van der Waals surface area contributed by atoms with Gasteiger partial charge in [0.1, 0.15) is 17.9 Å². The fraction of sp³-hybridized carbons (Fsp3) is 0.320. The lowest BCUT2D eigenvalue weighted by atomic mass is 10.0. The van der Waals surface area contributed by atoms with Gasteiger partial charge in [-0.1, -0.05) is 12.1 Å². The summed E-state index contributed by atoms with van der Waals surface area (Å²) in [5, 5.41) is 3.93. The Labute approximate surface area is 191 Å². The number of primary amides is 1. The maximum absolute atomic E-state index is 12.6. The van der Waals surface area contributed by atoms with Crippen LogP contribution in [-0.4, -0.2) is 42.4 Å². The first kappa shape index (κ1) is 22.5. The summed E-state index contributed by atoms with van der Waals surface area (Å²) in [5.41, 5.74) is 7.70. The number of carbonyl (C=O) groups is 2. The van der Waals surface area contributed by atoms with Crippen molar-refractivity contribution in [2.24, 2.45) is 5.73 Å². The second-order valence-corrected chi connectivity index (χ2v) is 8.38. The Morgan fingerprint density at radius 3 is 2.55 bits per heavy atom. The van der Waals surface area contributed by atoms with Crippen LogP contribution in [0.25, 0.3) is 11.0 Å². The van der Waals surface area contributed by atoms with E-state index in [1.54, 1.807) is 18.2 Å². The second kappa shape index (κ2) is 9.87. The Morgan fingerprint density at radius 1 is 1.12 bits per heavy atom. The average Bonchev–Trinajstić information content (AvgIpc) is 2.78. The molecular formula is C25H27N3O5. The monoisotopic (exact) mass is 449 g/mol. The molecule has 0 bridgehead atoms. The Hall–Kier alpha value is -3.65. The van der Waals surface area contributed by atoms with Crippen LogP contribution in [-0.2, 0) is 11.4 Å². The van der Waals surface area contributed by atoms with Crippen LogP contribution < -0.4 is 21.4 Å². The highest BCUT2D eigenvalue weighted by Gasteiger charge is 2.21. The minimum absolute atomic E-state index is 0.0845. The van der Waals surface area contributed by atoms with Crippen molar-refractivity contribution >= 4 is 22.8 Å². The van der Waals surface area contributed by atoms with E-state index in [4.69, 9.17) is 14.9 Å². The van der Waals surface area contributed by atoms with Crippen LogP contribution in [0, 0.1) is 6.92 Å². The summed E-state index contributed by atoms with van der Waals surface area (Å²) in [5.74, 6) is 0.153. The van der Waals surface area contributed by atoms with E-state index in [1.807, 2.05) is 36.1 Å². The normalized spacial score (nSPS) is 14.8. The van der Waals surface area contributed by atoms with Gasteiger partial charge in [0.15, 0.2) is 0 Å². The number of aryl methyl sites for hydroxylation is 1. The number of ether oxygens (including phenoxy) is 1. The molecule has 1 aliphatic rings. The van der Waals surface area contributed by atoms with Crippen molar-refractivity contribution < 1.29 is 18.7 Å². The third-order valence-corrected chi connectivity index (χ3v) is 5.85. The standard InChI is InChI=1S/C25H27N3O5/c1-16-12-24(30)33-22-13-20(6-7-21(16)22)32-15-17-2-4-18(5-3-17)25(31)27-19-8-10-28(11-9-19)14-23(26)29/h2-7,12-13,19H,8-11,14-15H2,1H3,(H2,26,29)(H,27,31). The van der Waals surface area contributed by atoms with E-state index in [2.05, 4.69) is 5.32 Å². The van der Waals surface area contributed by atoms with E-state index in [0.717, 1.165) is 42.4 Å². The molecule has 1 fully saturated rings. The fourth-order valence-electron chi connectivity index (χ4n) is 4.04. The van der Waals surface area contributed by atoms with Gasteiger partial charge in [0.2, 0.25) is 5.91 Å². The zero-order valence-electron chi connectivity index (χ0n) is 18.5. The number of hydrogen-bond donors (Lipinski definition) is 2. The number of nitrogens with one attached hydrogen (secondary N) is 1. The molecule has 33 heavy (non-hydrogen) atoms. The Morgan fingerprint density at radius 2 is 1.85 bits per heavy atom. The lowest BCUT2D eigenvalue weighted by molar-refractivity contribution is -0.119. The van der Waals surface area contributed by atoms with Gasteiger partial charge < -0.3 is 20.2 Å². The Balaban J connectivity index is 1.30. The van der Waals surface area contributed by atoms with E-state index in [1.165, 1.54) is 6.07 Å². The van der Waals surface area contributed by atoms with Gasteiger partial charge in [0.05, 0.1) is 6.54 Å². The van der Waals surface area contributed by atoms with Gasteiger partial charge in [-0.05, 0) is 55.2 Å². The molecule has 0 aliphatic carbocycles. The van der Waals surface area contributed by atoms with Crippen LogP contribution in [0.4, 0.5) is 0 Å². The molecule has 172 valence electrons. The fourth-order valence-corrected chi connectivity index (χ4v) is 4.04. The molecule has 3 N–H and O–H groups in total.